The fraction of sp³-hybridized carbons (Fsp3) is 0.600. The van der Waals surface area contributed by atoms with E-state index >= 15 is 0 Å². The summed E-state index contributed by atoms with van der Waals surface area (Å²) in [6.45, 7) is 6.48. The maximum Gasteiger partial charge on any atom is 0.573 e. The van der Waals surface area contributed by atoms with Crippen LogP contribution in [0.3, 0.4) is 0 Å². The third-order valence-corrected chi connectivity index (χ3v) is 4.20. The number of likely N-dealkylation sites (N-methyl/N-ethyl adjacent to an activating group) is 1. The van der Waals surface area contributed by atoms with Crippen molar-refractivity contribution in [2.24, 2.45) is 0 Å². The Morgan fingerprint density at radius 2 is 1.71 bits per heavy atom. The molecule has 0 heterocycles. The number of rotatable bonds is 6. The number of alkyl halides is 3. The number of ether oxygens (including phenoxy) is 1. The first-order valence-corrected chi connectivity index (χ1v) is 7.73. The molecule has 0 aliphatic heterocycles. The summed E-state index contributed by atoms with van der Waals surface area (Å²) >= 11 is 1.86. The fourth-order valence-electron chi connectivity index (χ4n) is 1.71. The Hall–Kier alpha value is -0.880. The molecule has 0 aliphatic carbocycles. The summed E-state index contributed by atoms with van der Waals surface area (Å²) in [6, 6.07) is 6.34. The Balaban J connectivity index is 2.57. The number of benzene rings is 1. The van der Waals surface area contributed by atoms with E-state index in [0.29, 0.717) is 0 Å². The lowest BCUT2D eigenvalue weighted by Gasteiger charge is -2.23. The van der Waals surface area contributed by atoms with Gasteiger partial charge in [0.15, 0.2) is 0 Å². The zero-order valence-electron chi connectivity index (χ0n) is 12.8. The molecule has 120 valence electrons. The van der Waals surface area contributed by atoms with E-state index < -0.39 is 6.36 Å². The third-order valence-electron chi connectivity index (χ3n) is 2.76. The molecule has 1 atom stereocenters. The van der Waals surface area contributed by atoms with Gasteiger partial charge in [0.25, 0.3) is 0 Å². The van der Waals surface area contributed by atoms with Crippen LogP contribution in [0.2, 0.25) is 0 Å². The molecule has 0 amide bonds. The Bertz CT molecular complexity index is 426. The molecular weight excluding hydrogens is 299 g/mol. The van der Waals surface area contributed by atoms with Crippen molar-refractivity contribution in [3.63, 3.8) is 0 Å². The van der Waals surface area contributed by atoms with Crippen molar-refractivity contribution in [3.8, 4) is 5.75 Å². The van der Waals surface area contributed by atoms with Gasteiger partial charge in [-0.15, -0.1) is 13.2 Å². The molecule has 6 heteroatoms. The molecule has 0 saturated carbocycles. The van der Waals surface area contributed by atoms with Gasteiger partial charge in [-0.25, -0.2) is 0 Å². The van der Waals surface area contributed by atoms with Crippen LogP contribution < -0.4 is 10.1 Å². The number of hydrogen-bond donors (Lipinski definition) is 1. The zero-order valence-corrected chi connectivity index (χ0v) is 13.6. The monoisotopic (exact) mass is 321 g/mol. The standard InChI is InChI=1S/C15H22F3NOS/c1-14(2,3)21-10-12(19-4)9-11-5-7-13(8-6-11)20-15(16,17)18/h5-8,12,19H,9-10H2,1-4H3. The molecule has 0 aromatic heterocycles. The lowest BCUT2D eigenvalue weighted by Crippen LogP contribution is -2.31. The molecule has 21 heavy (non-hydrogen) atoms. The van der Waals surface area contributed by atoms with Crippen LogP contribution >= 0.6 is 11.8 Å². The lowest BCUT2D eigenvalue weighted by atomic mass is 10.1. The Morgan fingerprint density at radius 1 is 1.14 bits per heavy atom. The van der Waals surface area contributed by atoms with Crippen LogP contribution in [0.5, 0.6) is 5.75 Å². The van der Waals surface area contributed by atoms with Crippen molar-refractivity contribution in [2.75, 3.05) is 12.8 Å². The second-order valence-electron chi connectivity index (χ2n) is 5.80. The number of thioether (sulfide) groups is 1. The summed E-state index contributed by atoms with van der Waals surface area (Å²) in [4.78, 5) is 0. The molecule has 0 saturated heterocycles. The summed E-state index contributed by atoms with van der Waals surface area (Å²) in [5.74, 6) is 0.761. The van der Waals surface area contributed by atoms with E-state index in [1.807, 2.05) is 18.8 Å². The van der Waals surface area contributed by atoms with Crippen LogP contribution in [0.25, 0.3) is 0 Å². The molecular formula is C15H22F3NOS. The second kappa shape index (κ2) is 7.40. The minimum absolute atomic E-state index is 0.184. The van der Waals surface area contributed by atoms with Gasteiger partial charge >= 0.3 is 6.36 Å². The summed E-state index contributed by atoms with van der Waals surface area (Å²) in [5, 5.41) is 3.24. The van der Waals surface area contributed by atoms with Crippen LogP contribution in [0, 0.1) is 0 Å². The summed E-state index contributed by atoms with van der Waals surface area (Å²) in [5.41, 5.74) is 0.985. The van der Waals surface area contributed by atoms with Crippen molar-refractivity contribution in [1.82, 2.24) is 5.32 Å². The predicted octanol–water partition coefficient (Wildman–Crippen LogP) is 4.25. The normalized spacial score (nSPS) is 14.0. The maximum atomic E-state index is 12.1. The molecule has 0 fully saturated rings. The highest BCUT2D eigenvalue weighted by molar-refractivity contribution is 8.00. The third kappa shape index (κ3) is 8.21. The highest BCUT2D eigenvalue weighted by Gasteiger charge is 2.30. The molecule has 1 aromatic carbocycles. The summed E-state index contributed by atoms with van der Waals surface area (Å²) < 4.78 is 40.3. The molecule has 1 aromatic rings. The Kier molecular flexibility index (Phi) is 6.41. The molecule has 0 bridgehead atoms. The average Bonchev–Trinajstić information content (AvgIpc) is 2.33. The van der Waals surface area contributed by atoms with E-state index in [0.717, 1.165) is 17.7 Å². The zero-order chi connectivity index (χ0) is 16.1. The average molecular weight is 321 g/mol. The summed E-state index contributed by atoms with van der Waals surface area (Å²) in [7, 11) is 1.90. The van der Waals surface area contributed by atoms with E-state index in [-0.39, 0.29) is 16.5 Å². The van der Waals surface area contributed by atoms with E-state index in [2.05, 4.69) is 30.8 Å². The van der Waals surface area contributed by atoms with Crippen molar-refractivity contribution in [2.45, 2.75) is 44.3 Å². The molecule has 0 spiro atoms. The molecule has 1 N–H and O–H groups in total. The van der Waals surface area contributed by atoms with Crippen LogP contribution in [0.4, 0.5) is 13.2 Å². The number of nitrogens with one attached hydrogen (secondary N) is 1. The van der Waals surface area contributed by atoms with Crippen molar-refractivity contribution < 1.29 is 17.9 Å². The van der Waals surface area contributed by atoms with Gasteiger partial charge in [0, 0.05) is 16.5 Å². The van der Waals surface area contributed by atoms with E-state index in [4.69, 9.17) is 0 Å². The first-order chi connectivity index (χ1) is 9.59. The molecule has 1 rings (SSSR count). The topological polar surface area (TPSA) is 21.3 Å². The van der Waals surface area contributed by atoms with E-state index in [1.165, 1.54) is 12.1 Å². The number of halogens is 3. The lowest BCUT2D eigenvalue weighted by molar-refractivity contribution is -0.274. The molecule has 0 radical (unpaired) electrons. The van der Waals surface area contributed by atoms with Crippen LogP contribution in [0.1, 0.15) is 26.3 Å². The van der Waals surface area contributed by atoms with Crippen LogP contribution in [0.15, 0.2) is 24.3 Å². The Morgan fingerprint density at radius 3 is 2.14 bits per heavy atom. The van der Waals surface area contributed by atoms with Crippen molar-refractivity contribution >= 4 is 11.8 Å². The summed E-state index contributed by atoms with van der Waals surface area (Å²) in [6.07, 6.45) is -3.87. The van der Waals surface area contributed by atoms with Crippen molar-refractivity contribution in [1.29, 1.82) is 0 Å². The van der Waals surface area contributed by atoms with Gasteiger partial charge in [0.1, 0.15) is 5.75 Å². The fourth-order valence-corrected chi connectivity index (χ4v) is 2.69. The van der Waals surface area contributed by atoms with Gasteiger partial charge in [0.05, 0.1) is 0 Å². The quantitative estimate of drug-likeness (QED) is 0.846. The largest absolute Gasteiger partial charge is 0.573 e. The Labute approximate surface area is 128 Å². The van der Waals surface area contributed by atoms with Gasteiger partial charge in [-0.2, -0.15) is 11.8 Å². The minimum Gasteiger partial charge on any atom is -0.406 e. The SMILES string of the molecule is CNC(CSC(C)(C)C)Cc1ccc(OC(F)(F)F)cc1. The predicted molar refractivity (Wildman–Crippen MR) is 81.9 cm³/mol. The first kappa shape index (κ1) is 18.2. The van der Waals surface area contributed by atoms with Crippen LogP contribution in [-0.4, -0.2) is 30.0 Å². The van der Waals surface area contributed by atoms with Gasteiger partial charge < -0.3 is 10.1 Å². The number of hydrogen-bond acceptors (Lipinski definition) is 3. The molecule has 1 unspecified atom stereocenters. The maximum absolute atomic E-state index is 12.1. The van der Waals surface area contributed by atoms with Gasteiger partial charge in [-0.3, -0.25) is 0 Å². The van der Waals surface area contributed by atoms with E-state index in [9.17, 15) is 13.2 Å². The molecule has 0 aliphatic rings. The first-order valence-electron chi connectivity index (χ1n) is 6.75. The van der Waals surface area contributed by atoms with Gasteiger partial charge in [-0.05, 0) is 31.2 Å². The van der Waals surface area contributed by atoms with Gasteiger partial charge in [0.2, 0.25) is 0 Å². The van der Waals surface area contributed by atoms with Crippen LogP contribution in [-0.2, 0) is 6.42 Å². The second-order valence-corrected chi connectivity index (χ2v) is 7.65. The minimum atomic E-state index is -4.64. The highest BCUT2D eigenvalue weighted by Crippen LogP contribution is 2.25. The molecule has 2 nitrogen and oxygen atoms in total. The smallest absolute Gasteiger partial charge is 0.406 e. The van der Waals surface area contributed by atoms with Gasteiger partial charge in [-0.1, -0.05) is 32.9 Å². The van der Waals surface area contributed by atoms with E-state index in [1.54, 1.807) is 12.1 Å². The van der Waals surface area contributed by atoms with Crippen molar-refractivity contribution in [3.05, 3.63) is 29.8 Å². The highest BCUT2D eigenvalue weighted by atomic mass is 32.2.